The lowest BCUT2D eigenvalue weighted by molar-refractivity contribution is -0.116. The van der Waals surface area contributed by atoms with E-state index < -0.39 is 11.8 Å². The molecule has 7 heteroatoms. The lowest BCUT2D eigenvalue weighted by atomic mass is 10.2. The van der Waals surface area contributed by atoms with Crippen LogP contribution in [0.5, 0.6) is 0 Å². The maximum absolute atomic E-state index is 12.4. The van der Waals surface area contributed by atoms with Crippen LogP contribution in [0.1, 0.15) is 12.5 Å². The lowest BCUT2D eigenvalue weighted by Crippen LogP contribution is -2.25. The number of nitriles is 2. The third-order valence-corrected chi connectivity index (χ3v) is 3.41. The van der Waals surface area contributed by atoms with Gasteiger partial charge < -0.3 is 11.1 Å². The topological polar surface area (TPSA) is 123 Å². The van der Waals surface area contributed by atoms with Crippen LogP contribution in [0.4, 0.5) is 17.1 Å². The lowest BCUT2D eigenvalue weighted by Gasteiger charge is -2.17. The first-order chi connectivity index (χ1) is 12.5. The molecule has 128 valence electrons. The van der Waals surface area contributed by atoms with Gasteiger partial charge in [-0.15, -0.1) is 0 Å². The highest BCUT2D eigenvalue weighted by molar-refractivity contribution is 6.08. The minimum Gasteiger partial charge on any atom is -0.399 e. The smallest absolute Gasteiger partial charge is 0.267 e. The first kappa shape index (κ1) is 18.2. The van der Waals surface area contributed by atoms with Crippen LogP contribution in [-0.2, 0) is 9.59 Å². The summed E-state index contributed by atoms with van der Waals surface area (Å²) in [5.74, 6) is -1.13. The van der Waals surface area contributed by atoms with Crippen LogP contribution in [0.15, 0.2) is 60.3 Å². The highest BCUT2D eigenvalue weighted by atomic mass is 16.2. The summed E-state index contributed by atoms with van der Waals surface area (Å²) in [7, 11) is 0. The second kappa shape index (κ2) is 8.13. The van der Waals surface area contributed by atoms with Crippen molar-refractivity contribution in [2.75, 3.05) is 16.0 Å². The van der Waals surface area contributed by atoms with Crippen LogP contribution in [0.2, 0.25) is 0 Å². The molecule has 2 aromatic rings. The molecule has 0 fully saturated rings. The molecule has 0 saturated heterocycles. The largest absolute Gasteiger partial charge is 0.399 e. The number of hydrogen-bond acceptors (Lipinski definition) is 5. The number of para-hydroxylation sites is 1. The third-order valence-electron chi connectivity index (χ3n) is 3.41. The number of carbonyl (C=O) groups excluding carboxylic acids is 2. The highest BCUT2D eigenvalue weighted by Gasteiger charge is 2.16. The minimum absolute atomic E-state index is 0.261. The van der Waals surface area contributed by atoms with Crippen molar-refractivity contribution >= 4 is 28.9 Å². The Morgan fingerprint density at radius 3 is 2.50 bits per heavy atom. The molecule has 0 radical (unpaired) electrons. The van der Waals surface area contributed by atoms with Gasteiger partial charge in [0.1, 0.15) is 17.7 Å². The fourth-order valence-corrected chi connectivity index (χ4v) is 2.17. The number of nitrogens with zero attached hydrogens (tertiary/aromatic N) is 3. The predicted molar refractivity (Wildman–Crippen MR) is 97.5 cm³/mol. The second-order valence-electron chi connectivity index (χ2n) is 5.25. The molecule has 0 aliphatic rings. The number of hydrogen-bond donors (Lipinski definition) is 2. The monoisotopic (exact) mass is 345 g/mol. The molecule has 26 heavy (non-hydrogen) atoms. The maximum Gasteiger partial charge on any atom is 0.267 e. The zero-order valence-corrected chi connectivity index (χ0v) is 13.9. The fourth-order valence-electron chi connectivity index (χ4n) is 2.17. The number of nitrogens with one attached hydrogen (secondary N) is 1. The standard InChI is InChI=1S/C19H15N5O2/c1-13(25)24(17-7-4-6-16(22)9-17)12-15(11-21)19(26)23-18-8-3-2-5-14(18)10-20/h2-9,12H,22H2,1H3,(H,23,26)/b15-12-. The summed E-state index contributed by atoms with van der Waals surface area (Å²) in [6.45, 7) is 1.30. The van der Waals surface area contributed by atoms with E-state index in [-0.39, 0.29) is 16.8 Å². The van der Waals surface area contributed by atoms with Gasteiger partial charge in [-0.25, -0.2) is 0 Å². The van der Waals surface area contributed by atoms with Gasteiger partial charge in [0.2, 0.25) is 5.91 Å². The van der Waals surface area contributed by atoms with E-state index in [9.17, 15) is 14.9 Å². The highest BCUT2D eigenvalue weighted by Crippen LogP contribution is 2.20. The van der Waals surface area contributed by atoms with Crippen molar-refractivity contribution < 1.29 is 9.59 Å². The summed E-state index contributed by atoms with van der Waals surface area (Å²) >= 11 is 0. The molecule has 0 unspecified atom stereocenters. The summed E-state index contributed by atoms with van der Waals surface area (Å²) < 4.78 is 0. The number of benzene rings is 2. The molecule has 2 amide bonds. The first-order valence-electron chi connectivity index (χ1n) is 7.54. The summed E-state index contributed by atoms with van der Waals surface area (Å²) in [5, 5.41) is 20.9. The molecule has 0 spiro atoms. The zero-order chi connectivity index (χ0) is 19.1. The molecule has 7 nitrogen and oxygen atoms in total. The third kappa shape index (κ3) is 4.25. The first-order valence-corrected chi connectivity index (χ1v) is 7.54. The number of rotatable bonds is 4. The summed E-state index contributed by atoms with van der Waals surface area (Å²) in [5.41, 5.74) is 6.83. The van der Waals surface area contributed by atoms with Gasteiger partial charge in [-0.3, -0.25) is 14.5 Å². The molecule has 0 saturated carbocycles. The molecule has 0 aliphatic carbocycles. The van der Waals surface area contributed by atoms with Gasteiger partial charge in [0, 0.05) is 18.8 Å². The average molecular weight is 345 g/mol. The SMILES string of the molecule is CC(=O)N(/C=C(/C#N)C(=O)Nc1ccccc1C#N)c1cccc(N)c1. The van der Waals surface area contributed by atoms with E-state index >= 15 is 0 Å². The number of anilines is 3. The van der Waals surface area contributed by atoms with Crippen molar-refractivity contribution in [1.29, 1.82) is 10.5 Å². The van der Waals surface area contributed by atoms with Crippen molar-refractivity contribution in [3.8, 4) is 12.1 Å². The Labute approximate surface area is 150 Å². The number of nitrogens with two attached hydrogens (primary N) is 1. The minimum atomic E-state index is -0.731. The van der Waals surface area contributed by atoms with Crippen LogP contribution in [-0.4, -0.2) is 11.8 Å². The summed E-state index contributed by atoms with van der Waals surface area (Å²) in [4.78, 5) is 25.5. The van der Waals surface area contributed by atoms with Crippen molar-refractivity contribution in [2.45, 2.75) is 6.92 Å². The Bertz CT molecular complexity index is 966. The molecule has 0 bridgehead atoms. The Balaban J connectivity index is 2.35. The summed E-state index contributed by atoms with van der Waals surface area (Å²) in [6, 6.07) is 16.6. The average Bonchev–Trinajstić information content (AvgIpc) is 2.62. The van der Waals surface area contributed by atoms with Crippen molar-refractivity contribution in [2.24, 2.45) is 0 Å². The molecule has 2 aromatic carbocycles. The Hall–Kier alpha value is -4.10. The van der Waals surface area contributed by atoms with E-state index in [1.807, 2.05) is 6.07 Å². The van der Waals surface area contributed by atoms with E-state index in [0.717, 1.165) is 11.1 Å². The van der Waals surface area contributed by atoms with Gasteiger partial charge in [-0.2, -0.15) is 10.5 Å². The normalized spacial score (nSPS) is 10.3. The van der Waals surface area contributed by atoms with E-state index in [2.05, 4.69) is 5.32 Å². The predicted octanol–water partition coefficient (Wildman–Crippen LogP) is 2.54. The Morgan fingerprint density at radius 2 is 1.88 bits per heavy atom. The second-order valence-corrected chi connectivity index (χ2v) is 5.25. The van der Waals surface area contributed by atoms with Gasteiger partial charge in [0.15, 0.2) is 0 Å². The molecular weight excluding hydrogens is 330 g/mol. The van der Waals surface area contributed by atoms with E-state index in [4.69, 9.17) is 11.0 Å². The molecule has 0 aromatic heterocycles. The van der Waals surface area contributed by atoms with Crippen molar-refractivity contribution in [1.82, 2.24) is 0 Å². The molecule has 3 N–H and O–H groups in total. The van der Waals surface area contributed by atoms with Crippen LogP contribution in [0.25, 0.3) is 0 Å². The van der Waals surface area contributed by atoms with Gasteiger partial charge >= 0.3 is 0 Å². The van der Waals surface area contributed by atoms with Gasteiger partial charge in [-0.05, 0) is 30.3 Å². The van der Waals surface area contributed by atoms with E-state index in [0.29, 0.717) is 11.4 Å². The van der Waals surface area contributed by atoms with Crippen molar-refractivity contribution in [3.05, 3.63) is 65.9 Å². The van der Waals surface area contributed by atoms with Gasteiger partial charge in [0.05, 0.1) is 16.9 Å². The van der Waals surface area contributed by atoms with E-state index in [1.165, 1.54) is 6.92 Å². The van der Waals surface area contributed by atoms with Gasteiger partial charge in [0.25, 0.3) is 5.91 Å². The zero-order valence-electron chi connectivity index (χ0n) is 13.9. The number of nitrogen functional groups attached to an aromatic ring is 1. The van der Waals surface area contributed by atoms with Crippen molar-refractivity contribution in [3.63, 3.8) is 0 Å². The van der Waals surface area contributed by atoms with Gasteiger partial charge in [-0.1, -0.05) is 18.2 Å². The quantitative estimate of drug-likeness (QED) is 0.501. The fraction of sp³-hybridized carbons (Fsp3) is 0.0526. The van der Waals surface area contributed by atoms with Crippen LogP contribution in [0.3, 0.4) is 0 Å². The maximum atomic E-state index is 12.4. The van der Waals surface area contributed by atoms with Crippen LogP contribution in [0, 0.1) is 22.7 Å². The van der Waals surface area contributed by atoms with E-state index in [1.54, 1.807) is 54.6 Å². The Kier molecular flexibility index (Phi) is 5.71. The molecule has 0 heterocycles. The Morgan fingerprint density at radius 1 is 1.15 bits per heavy atom. The molecule has 2 rings (SSSR count). The molecule has 0 atom stereocenters. The van der Waals surface area contributed by atoms with Crippen LogP contribution < -0.4 is 16.0 Å². The molecular formula is C19H15N5O2. The summed E-state index contributed by atoms with van der Waals surface area (Å²) in [6.07, 6.45) is 1.14. The number of amides is 2. The molecule has 0 aliphatic heterocycles. The van der Waals surface area contributed by atoms with Crippen LogP contribution >= 0.6 is 0 Å². The number of carbonyl (C=O) groups is 2.